The van der Waals surface area contributed by atoms with Gasteiger partial charge in [0.2, 0.25) is 0 Å². The zero-order valence-electron chi connectivity index (χ0n) is 12.0. The molecule has 0 aromatic heterocycles. The Morgan fingerprint density at radius 3 is 2.32 bits per heavy atom. The van der Waals surface area contributed by atoms with Crippen molar-refractivity contribution in [2.24, 2.45) is 11.3 Å². The van der Waals surface area contributed by atoms with Crippen LogP contribution in [0.3, 0.4) is 0 Å². The Morgan fingerprint density at radius 2 is 1.79 bits per heavy atom. The predicted molar refractivity (Wildman–Crippen MR) is 82.9 cm³/mol. The highest BCUT2D eigenvalue weighted by atomic mass is 79.9. The highest BCUT2D eigenvalue weighted by Crippen LogP contribution is 2.38. The van der Waals surface area contributed by atoms with Crippen molar-refractivity contribution in [2.45, 2.75) is 52.5 Å². The molecule has 0 atom stereocenters. The summed E-state index contributed by atoms with van der Waals surface area (Å²) in [6.45, 7) is 6.96. The van der Waals surface area contributed by atoms with Gasteiger partial charge in [-0.1, -0.05) is 36.7 Å². The summed E-state index contributed by atoms with van der Waals surface area (Å²) in [5.41, 5.74) is 1.02. The summed E-state index contributed by atoms with van der Waals surface area (Å²) in [5.74, 6) is 0.618. The van der Waals surface area contributed by atoms with Crippen LogP contribution in [0.5, 0.6) is 0 Å². The van der Waals surface area contributed by atoms with Gasteiger partial charge in [0.05, 0.1) is 5.69 Å². The van der Waals surface area contributed by atoms with Gasteiger partial charge in [0.1, 0.15) is 5.82 Å². The highest BCUT2D eigenvalue weighted by molar-refractivity contribution is 9.10. The van der Waals surface area contributed by atoms with Gasteiger partial charge in [-0.2, -0.15) is 0 Å². The van der Waals surface area contributed by atoms with Crippen LogP contribution in [0.15, 0.2) is 22.7 Å². The minimum absolute atomic E-state index is 0.174. The second-order valence-electron chi connectivity index (χ2n) is 6.68. The Morgan fingerprint density at radius 1 is 1.16 bits per heavy atom. The van der Waals surface area contributed by atoms with Gasteiger partial charge in [0, 0.05) is 10.5 Å². The average Bonchev–Trinajstić information content (AvgIpc) is 2.32. The van der Waals surface area contributed by atoms with E-state index in [4.69, 9.17) is 0 Å². The molecule has 0 aliphatic heterocycles. The van der Waals surface area contributed by atoms with Gasteiger partial charge in [0.25, 0.3) is 0 Å². The zero-order valence-corrected chi connectivity index (χ0v) is 13.6. The fourth-order valence-corrected chi connectivity index (χ4v) is 3.26. The lowest BCUT2D eigenvalue weighted by Crippen LogP contribution is -2.31. The van der Waals surface area contributed by atoms with Crippen molar-refractivity contribution < 1.29 is 4.39 Å². The van der Waals surface area contributed by atoms with Gasteiger partial charge in [-0.15, -0.1) is 0 Å². The summed E-state index contributed by atoms with van der Waals surface area (Å²) in [4.78, 5) is 0. The number of anilines is 1. The molecule has 0 spiro atoms. The third-order valence-electron chi connectivity index (χ3n) is 4.24. The first-order chi connectivity index (χ1) is 8.86. The first kappa shape index (κ1) is 14.8. The van der Waals surface area contributed by atoms with E-state index in [1.165, 1.54) is 18.9 Å². The Kier molecular flexibility index (Phi) is 4.54. The molecule has 1 saturated carbocycles. The lowest BCUT2D eigenvalue weighted by Gasteiger charge is -2.37. The van der Waals surface area contributed by atoms with Crippen LogP contribution in [0.1, 0.15) is 46.5 Å². The van der Waals surface area contributed by atoms with E-state index in [-0.39, 0.29) is 5.82 Å². The van der Waals surface area contributed by atoms with Gasteiger partial charge < -0.3 is 5.32 Å². The molecule has 1 N–H and O–H groups in total. The normalized spacial score (nSPS) is 24.3. The van der Waals surface area contributed by atoms with E-state index in [0.29, 0.717) is 17.1 Å². The predicted octanol–water partition coefficient (Wildman–Crippen LogP) is 5.61. The van der Waals surface area contributed by atoms with Crippen molar-refractivity contribution in [2.75, 3.05) is 5.32 Å². The van der Waals surface area contributed by atoms with Crippen molar-refractivity contribution in [1.82, 2.24) is 0 Å². The standard InChI is InChI=1S/C16H23BrFN/c1-16(2,3)11-4-7-13(8-5-11)19-15-9-6-12(17)10-14(15)18/h6,9-11,13,19H,4-5,7-8H2,1-3H3. The molecule has 106 valence electrons. The molecule has 2 rings (SSSR count). The molecule has 1 fully saturated rings. The Labute approximate surface area is 124 Å². The van der Waals surface area contributed by atoms with Crippen LogP contribution in [0.25, 0.3) is 0 Å². The number of rotatable bonds is 2. The molecule has 19 heavy (non-hydrogen) atoms. The maximum absolute atomic E-state index is 13.8. The van der Waals surface area contributed by atoms with Crippen LogP contribution < -0.4 is 5.32 Å². The first-order valence-corrected chi connectivity index (χ1v) is 7.87. The number of benzene rings is 1. The maximum atomic E-state index is 13.8. The molecule has 1 nitrogen and oxygen atoms in total. The second-order valence-corrected chi connectivity index (χ2v) is 7.60. The van der Waals surface area contributed by atoms with E-state index in [2.05, 4.69) is 42.0 Å². The molecule has 1 aliphatic carbocycles. The average molecular weight is 328 g/mol. The fourth-order valence-electron chi connectivity index (χ4n) is 2.93. The Bertz CT molecular complexity index is 431. The second kappa shape index (κ2) is 5.82. The highest BCUT2D eigenvalue weighted by Gasteiger charge is 2.29. The van der Waals surface area contributed by atoms with Crippen molar-refractivity contribution in [3.05, 3.63) is 28.5 Å². The monoisotopic (exact) mass is 327 g/mol. The Balaban J connectivity index is 1.92. The van der Waals surface area contributed by atoms with Crippen LogP contribution in [0.2, 0.25) is 0 Å². The Hall–Kier alpha value is -0.570. The van der Waals surface area contributed by atoms with Crippen LogP contribution in [0, 0.1) is 17.2 Å². The SMILES string of the molecule is CC(C)(C)C1CCC(Nc2ccc(Br)cc2F)CC1. The van der Waals surface area contributed by atoms with E-state index in [0.717, 1.165) is 23.2 Å². The molecular weight excluding hydrogens is 305 g/mol. The van der Waals surface area contributed by atoms with Gasteiger partial charge in [-0.3, -0.25) is 0 Å². The van der Waals surface area contributed by atoms with Crippen molar-refractivity contribution in [3.8, 4) is 0 Å². The lowest BCUT2D eigenvalue weighted by molar-refractivity contribution is 0.173. The molecule has 0 heterocycles. The molecule has 1 aromatic carbocycles. The van der Waals surface area contributed by atoms with Gasteiger partial charge in [0.15, 0.2) is 0 Å². The fraction of sp³-hybridized carbons (Fsp3) is 0.625. The summed E-state index contributed by atoms with van der Waals surface area (Å²) in [7, 11) is 0. The summed E-state index contributed by atoms with van der Waals surface area (Å²) < 4.78 is 14.6. The van der Waals surface area contributed by atoms with E-state index >= 15 is 0 Å². The van der Waals surface area contributed by atoms with Crippen LogP contribution >= 0.6 is 15.9 Å². The molecule has 1 aliphatic rings. The molecule has 3 heteroatoms. The third-order valence-corrected chi connectivity index (χ3v) is 4.74. The minimum atomic E-state index is -0.174. The van der Waals surface area contributed by atoms with Gasteiger partial charge in [-0.05, 0) is 55.2 Å². The third kappa shape index (κ3) is 3.95. The molecule has 0 bridgehead atoms. The van der Waals surface area contributed by atoms with Crippen molar-refractivity contribution >= 4 is 21.6 Å². The smallest absolute Gasteiger partial charge is 0.147 e. The van der Waals surface area contributed by atoms with Gasteiger partial charge in [-0.25, -0.2) is 4.39 Å². The first-order valence-electron chi connectivity index (χ1n) is 7.08. The molecular formula is C16H23BrFN. The zero-order chi connectivity index (χ0) is 14.0. The molecule has 0 amide bonds. The van der Waals surface area contributed by atoms with Gasteiger partial charge >= 0.3 is 0 Å². The summed E-state index contributed by atoms with van der Waals surface area (Å²) >= 11 is 3.28. The lowest BCUT2D eigenvalue weighted by atomic mass is 9.71. The summed E-state index contributed by atoms with van der Waals surface area (Å²) in [6.07, 6.45) is 4.74. The van der Waals surface area contributed by atoms with Crippen LogP contribution in [-0.4, -0.2) is 6.04 Å². The minimum Gasteiger partial charge on any atom is -0.380 e. The molecule has 0 radical (unpaired) electrons. The number of halogens is 2. The summed E-state index contributed by atoms with van der Waals surface area (Å²) in [6, 6.07) is 5.62. The van der Waals surface area contributed by atoms with E-state index < -0.39 is 0 Å². The van der Waals surface area contributed by atoms with Crippen LogP contribution in [-0.2, 0) is 0 Å². The summed E-state index contributed by atoms with van der Waals surface area (Å²) in [5, 5.41) is 3.35. The van der Waals surface area contributed by atoms with E-state index in [9.17, 15) is 4.39 Å². The number of hydrogen-bond donors (Lipinski definition) is 1. The number of hydrogen-bond acceptors (Lipinski definition) is 1. The quantitative estimate of drug-likeness (QED) is 0.744. The topological polar surface area (TPSA) is 12.0 Å². The molecule has 1 aromatic rings. The molecule has 0 saturated heterocycles. The van der Waals surface area contributed by atoms with Crippen LogP contribution in [0.4, 0.5) is 10.1 Å². The van der Waals surface area contributed by atoms with E-state index in [1.54, 1.807) is 0 Å². The van der Waals surface area contributed by atoms with Crippen molar-refractivity contribution in [1.29, 1.82) is 0 Å². The van der Waals surface area contributed by atoms with E-state index in [1.807, 2.05) is 12.1 Å². The van der Waals surface area contributed by atoms with Crippen molar-refractivity contribution in [3.63, 3.8) is 0 Å². The molecule has 0 unspecified atom stereocenters. The number of nitrogens with one attached hydrogen (secondary N) is 1. The maximum Gasteiger partial charge on any atom is 0.147 e. The largest absolute Gasteiger partial charge is 0.380 e.